The second-order valence-electron chi connectivity index (χ2n) is 14.4. The molecule has 0 bridgehead atoms. The SMILES string of the molecule is Fc1cc(F)c(F)c(N(c2ccc(-c3ccc(N(c4c(F)c(F)c(C(F)(F)F)c(F)c4F)c4c(F)c(F)c(C(F)(F)F)c(F)c4F)cc3C(F)(F)F)c(C(F)(F)F)c2)c2c(F)c(F)c(C(F)(F)F)c(F)c2F)c1F. The van der Waals surface area contributed by atoms with E-state index in [1.54, 1.807) is 0 Å². The number of hydrogen-bond donors (Lipinski definition) is 0. The lowest BCUT2D eigenvalue weighted by Gasteiger charge is -2.30. The van der Waals surface area contributed by atoms with Crippen LogP contribution in [0.4, 0.5) is 170 Å². The molecule has 6 aromatic carbocycles. The molecule has 6 rings (SSSR count). The first-order chi connectivity index (χ1) is 33.6. The summed E-state index contributed by atoms with van der Waals surface area (Å²) in [5.74, 6) is -54.9. The number of rotatable bonds is 7. The van der Waals surface area contributed by atoms with E-state index in [4.69, 9.17) is 0 Å². The van der Waals surface area contributed by atoms with Crippen LogP contribution in [-0.4, -0.2) is 0 Å². The van der Waals surface area contributed by atoms with Crippen LogP contribution in [0, 0.1) is 93.1 Å². The fraction of sp³-hybridized carbons (Fsp3) is 0.122. The Balaban J connectivity index is 1.76. The maximum Gasteiger partial charge on any atom is 0.422 e. The lowest BCUT2D eigenvalue weighted by Crippen LogP contribution is -2.25. The van der Waals surface area contributed by atoms with E-state index in [0.29, 0.717) is 0 Å². The Morgan fingerprint density at radius 3 is 0.662 bits per heavy atom. The summed E-state index contributed by atoms with van der Waals surface area (Å²) >= 11 is 0. The van der Waals surface area contributed by atoms with Crippen LogP contribution in [0.1, 0.15) is 27.8 Å². The summed E-state index contributed by atoms with van der Waals surface area (Å²) in [4.78, 5) is -2.89. The first-order valence-electron chi connectivity index (χ1n) is 18.3. The standard InChI is InChI=1S/C41H7F31N2/c42-14-7-15(43)20(45)33(19(14)44)73(34-27(52)21(46)16(39(64,65)66)22(47)28(34)53)8-1-3-10(12(5-8)37(58,59)60)11-4-2-9(6-13(11)38(61,62)63)74(35-29(54)23(48)17(40(67,68)69)24(49)30(35)55)36-31(56)25(50)18(41(70,71)72)26(51)32(36)57/h1-7H. The van der Waals surface area contributed by atoms with Crippen LogP contribution >= 0.6 is 0 Å². The van der Waals surface area contributed by atoms with Gasteiger partial charge in [0.05, 0.1) is 11.1 Å². The van der Waals surface area contributed by atoms with Crippen molar-refractivity contribution in [1.82, 2.24) is 0 Å². The Morgan fingerprint density at radius 1 is 0.243 bits per heavy atom. The average Bonchev–Trinajstić information content (AvgIpc) is 3.26. The van der Waals surface area contributed by atoms with Gasteiger partial charge in [0.1, 0.15) is 39.4 Å². The van der Waals surface area contributed by atoms with Gasteiger partial charge in [-0.3, -0.25) is 9.80 Å². The van der Waals surface area contributed by atoms with Crippen molar-refractivity contribution < 1.29 is 136 Å². The van der Waals surface area contributed by atoms with Crippen molar-refractivity contribution in [1.29, 1.82) is 0 Å². The van der Waals surface area contributed by atoms with Crippen LogP contribution in [0.5, 0.6) is 0 Å². The zero-order valence-electron chi connectivity index (χ0n) is 33.7. The van der Waals surface area contributed by atoms with Gasteiger partial charge in [-0.2, -0.15) is 65.9 Å². The monoisotopic (exact) mass is 1120 g/mol. The number of hydrogen-bond acceptors (Lipinski definition) is 2. The molecular formula is C41H7F31N2. The molecule has 6 aromatic rings. The minimum atomic E-state index is -6.53. The summed E-state index contributed by atoms with van der Waals surface area (Å²) in [6.45, 7) is 0. The molecule has 0 amide bonds. The number of alkyl halides is 15. The third-order valence-corrected chi connectivity index (χ3v) is 9.98. The van der Waals surface area contributed by atoms with E-state index < -0.39 is 243 Å². The second-order valence-corrected chi connectivity index (χ2v) is 14.4. The number of benzene rings is 6. The van der Waals surface area contributed by atoms with Gasteiger partial charge in [-0.25, -0.2) is 70.2 Å². The molecule has 0 heterocycles. The van der Waals surface area contributed by atoms with Crippen LogP contribution < -0.4 is 9.80 Å². The van der Waals surface area contributed by atoms with Crippen LogP contribution in [-0.2, 0) is 30.9 Å². The Labute approximate surface area is 385 Å². The zero-order valence-corrected chi connectivity index (χ0v) is 33.7. The second kappa shape index (κ2) is 18.3. The van der Waals surface area contributed by atoms with E-state index in [2.05, 4.69) is 0 Å². The minimum Gasteiger partial charge on any atom is -0.300 e. The molecule has 0 N–H and O–H groups in total. The minimum absolute atomic E-state index is 0.365. The molecule has 0 aliphatic heterocycles. The summed E-state index contributed by atoms with van der Waals surface area (Å²) in [6.07, 6.45) is -32.4. The number of halogens is 31. The molecule has 398 valence electrons. The highest BCUT2D eigenvalue weighted by atomic mass is 19.4. The van der Waals surface area contributed by atoms with Crippen molar-refractivity contribution in [3.63, 3.8) is 0 Å². The van der Waals surface area contributed by atoms with E-state index in [9.17, 15) is 101 Å². The van der Waals surface area contributed by atoms with Crippen LogP contribution in [0.2, 0.25) is 0 Å². The third-order valence-electron chi connectivity index (χ3n) is 9.98. The topological polar surface area (TPSA) is 6.48 Å². The first kappa shape index (κ1) is 56.1. The van der Waals surface area contributed by atoms with E-state index in [0.717, 1.165) is 0 Å². The van der Waals surface area contributed by atoms with Gasteiger partial charge in [0.15, 0.2) is 93.1 Å². The van der Waals surface area contributed by atoms with Crippen molar-refractivity contribution in [2.45, 2.75) is 30.9 Å². The van der Waals surface area contributed by atoms with Crippen LogP contribution in [0.25, 0.3) is 11.1 Å². The molecular weight excluding hydrogens is 1110 g/mol. The predicted molar refractivity (Wildman–Crippen MR) is 186 cm³/mol. The summed E-state index contributed by atoms with van der Waals surface area (Å²) < 4.78 is 453. The van der Waals surface area contributed by atoms with Gasteiger partial charge in [0.25, 0.3) is 0 Å². The summed E-state index contributed by atoms with van der Waals surface area (Å²) in [6, 6.07) is -4.42. The van der Waals surface area contributed by atoms with E-state index >= 15 is 35.1 Å². The van der Waals surface area contributed by atoms with Crippen molar-refractivity contribution in [3.8, 4) is 11.1 Å². The molecule has 0 saturated heterocycles. The van der Waals surface area contributed by atoms with Gasteiger partial charge in [0.2, 0.25) is 0 Å². The quantitative estimate of drug-likeness (QED) is 0.116. The fourth-order valence-electron chi connectivity index (χ4n) is 6.97. The average molecular weight is 1120 g/mol. The Bertz CT molecular complexity index is 3090. The fourth-order valence-corrected chi connectivity index (χ4v) is 6.97. The van der Waals surface area contributed by atoms with Gasteiger partial charge in [0, 0.05) is 17.4 Å². The molecule has 2 nitrogen and oxygen atoms in total. The van der Waals surface area contributed by atoms with Gasteiger partial charge in [-0.1, -0.05) is 12.1 Å². The van der Waals surface area contributed by atoms with Gasteiger partial charge in [-0.15, -0.1) is 0 Å². The van der Waals surface area contributed by atoms with Crippen LogP contribution in [0.3, 0.4) is 0 Å². The highest BCUT2D eigenvalue weighted by Gasteiger charge is 2.49. The zero-order chi connectivity index (χ0) is 56.3. The van der Waals surface area contributed by atoms with Gasteiger partial charge >= 0.3 is 30.9 Å². The maximum absolute atomic E-state index is 15.5. The molecule has 0 spiro atoms. The van der Waals surface area contributed by atoms with E-state index in [1.165, 1.54) is 0 Å². The van der Waals surface area contributed by atoms with E-state index in [1.807, 2.05) is 0 Å². The molecule has 74 heavy (non-hydrogen) atoms. The van der Waals surface area contributed by atoms with Crippen molar-refractivity contribution in [3.05, 3.63) is 163 Å². The Morgan fingerprint density at radius 2 is 0.459 bits per heavy atom. The summed E-state index contributed by atoms with van der Waals surface area (Å²) in [5, 5.41) is 0. The predicted octanol–water partition coefficient (Wildman–Crippen LogP) is 17.6. The normalized spacial score (nSPS) is 12.8. The van der Waals surface area contributed by atoms with Crippen molar-refractivity contribution >= 4 is 34.1 Å². The van der Waals surface area contributed by atoms with Crippen molar-refractivity contribution in [2.75, 3.05) is 9.80 Å². The summed E-state index contributed by atoms with van der Waals surface area (Å²) in [7, 11) is 0. The molecule has 0 aromatic heterocycles. The molecule has 0 radical (unpaired) electrons. The number of nitrogens with zero attached hydrogens (tertiary/aromatic N) is 2. The highest BCUT2D eigenvalue weighted by Crippen LogP contribution is 2.53. The van der Waals surface area contributed by atoms with Gasteiger partial charge in [-0.05, 0) is 35.4 Å². The van der Waals surface area contributed by atoms with E-state index in [-0.39, 0.29) is 6.07 Å². The lowest BCUT2D eigenvalue weighted by molar-refractivity contribution is -0.144. The molecule has 0 atom stereocenters. The lowest BCUT2D eigenvalue weighted by atomic mass is 9.93. The highest BCUT2D eigenvalue weighted by molar-refractivity contribution is 5.85. The molecule has 0 aliphatic carbocycles. The molecule has 0 saturated carbocycles. The Kier molecular flexibility index (Phi) is 13.9. The summed E-state index contributed by atoms with van der Waals surface area (Å²) in [5.41, 5.74) is -37.6. The number of anilines is 6. The smallest absolute Gasteiger partial charge is 0.300 e. The van der Waals surface area contributed by atoms with Gasteiger partial charge < -0.3 is 0 Å². The molecule has 0 fully saturated rings. The molecule has 0 aliphatic rings. The van der Waals surface area contributed by atoms with Crippen molar-refractivity contribution in [2.24, 2.45) is 0 Å². The largest absolute Gasteiger partial charge is 0.422 e. The third kappa shape index (κ3) is 9.24. The Hall–Kier alpha value is -7.25. The molecule has 33 heteroatoms. The molecule has 0 unspecified atom stereocenters. The maximum atomic E-state index is 15.5. The van der Waals surface area contributed by atoms with Crippen LogP contribution in [0.15, 0.2) is 42.5 Å². The first-order valence-corrected chi connectivity index (χ1v) is 18.3.